The minimum atomic E-state index is -1.06. The number of benzene rings is 3. The van der Waals surface area contributed by atoms with Gasteiger partial charge >= 0.3 is 6.09 Å². The lowest BCUT2D eigenvalue weighted by Gasteiger charge is -2.30. The molecule has 59 heavy (non-hydrogen) atoms. The number of anilines is 1. The zero-order valence-corrected chi connectivity index (χ0v) is 35.3. The SMILES string of the molecule is Cc1cc(N2CCNCC2)ccc1OC(=O)N[C@@H](CCc1ccccc1)C(=O)N[C@@H](CC(C)C)C(=O)N[C@@H](Cc1ccccc1)C(=O)N[C@@H](CC(C)C)C(=O)[C@@]1(C)CO1. The lowest BCUT2D eigenvalue weighted by Crippen LogP contribution is -2.59. The van der Waals surface area contributed by atoms with Crippen molar-refractivity contribution >= 4 is 35.3 Å². The fourth-order valence-corrected chi connectivity index (χ4v) is 7.26. The van der Waals surface area contributed by atoms with Crippen LogP contribution in [0.4, 0.5) is 10.5 Å². The molecule has 0 saturated carbocycles. The molecule has 0 unspecified atom stereocenters. The average Bonchev–Trinajstić information content (AvgIpc) is 3.97. The maximum Gasteiger partial charge on any atom is 0.413 e. The number of Topliss-reactive ketones (excluding diaryl/α,β-unsaturated/α-hetero) is 1. The maximum absolute atomic E-state index is 14.2. The molecule has 3 aromatic carbocycles. The number of hydrogen-bond acceptors (Lipinski definition) is 9. The van der Waals surface area contributed by atoms with Gasteiger partial charge in [0.2, 0.25) is 17.7 Å². The first kappa shape index (κ1) is 44.8. The monoisotopic (exact) mass is 810 g/mol. The normalized spacial score (nSPS) is 18.3. The second kappa shape index (κ2) is 21.1. The van der Waals surface area contributed by atoms with Crippen LogP contribution in [-0.2, 0) is 36.8 Å². The molecule has 0 radical (unpaired) electrons. The summed E-state index contributed by atoms with van der Waals surface area (Å²) >= 11 is 0. The van der Waals surface area contributed by atoms with Gasteiger partial charge in [-0.25, -0.2) is 4.79 Å². The molecule has 0 aromatic heterocycles. The highest BCUT2D eigenvalue weighted by molar-refractivity contribution is 5.98. The van der Waals surface area contributed by atoms with Crippen molar-refractivity contribution in [3.05, 3.63) is 95.6 Å². The largest absolute Gasteiger partial charge is 0.413 e. The van der Waals surface area contributed by atoms with Gasteiger partial charge in [0.15, 0.2) is 5.78 Å². The van der Waals surface area contributed by atoms with Gasteiger partial charge in [0.25, 0.3) is 0 Å². The molecule has 5 N–H and O–H groups in total. The van der Waals surface area contributed by atoms with E-state index in [9.17, 15) is 24.0 Å². The van der Waals surface area contributed by atoms with E-state index in [2.05, 4.69) is 31.5 Å². The van der Waals surface area contributed by atoms with E-state index in [-0.39, 0.29) is 36.9 Å². The van der Waals surface area contributed by atoms with Crippen LogP contribution in [0, 0.1) is 18.8 Å². The van der Waals surface area contributed by atoms with Crippen LogP contribution in [0.1, 0.15) is 70.6 Å². The minimum Gasteiger partial charge on any atom is -0.410 e. The van der Waals surface area contributed by atoms with Crippen molar-refractivity contribution in [3.8, 4) is 5.75 Å². The second-order valence-electron chi connectivity index (χ2n) is 16.8. The molecule has 3 aromatic rings. The molecule has 13 nitrogen and oxygen atoms in total. The fraction of sp³-hybridized carbons (Fsp3) is 0.500. The van der Waals surface area contributed by atoms with Gasteiger partial charge in [-0.2, -0.15) is 0 Å². The summed E-state index contributed by atoms with van der Waals surface area (Å²) in [6.45, 7) is 15.2. The number of nitrogens with one attached hydrogen (secondary N) is 5. The molecule has 318 valence electrons. The first-order valence-corrected chi connectivity index (χ1v) is 20.9. The molecule has 13 heteroatoms. The number of ether oxygens (including phenoxy) is 2. The Hall–Kier alpha value is -5.27. The van der Waals surface area contributed by atoms with E-state index in [0.29, 0.717) is 25.2 Å². The number of ketones is 1. The van der Waals surface area contributed by atoms with Crippen molar-refractivity contribution in [2.75, 3.05) is 37.7 Å². The third-order valence-corrected chi connectivity index (χ3v) is 10.7. The standard InChI is InChI=1S/C46H62N6O7/c1-30(2)25-37(41(53)46(6)29-58-46)48-44(56)39(28-34-15-11-8-12-16-34)50-43(55)38(26-31(3)4)49-42(54)36(19-17-33-13-9-7-10-14-33)51-45(57)59-40-20-18-35(27-32(40)5)52-23-21-47-22-24-52/h7-16,18,20,27,30-31,36-39,47H,17,19,21-26,28-29H2,1-6H3,(H,48,56)(H,49,54)(H,50,55)(H,51,57)/t36-,37-,38-,39-,46+/m0/s1. The quantitative estimate of drug-likeness (QED) is 0.102. The topological polar surface area (TPSA) is 170 Å². The molecule has 2 fully saturated rings. The van der Waals surface area contributed by atoms with E-state index in [4.69, 9.17) is 9.47 Å². The van der Waals surface area contributed by atoms with Crippen LogP contribution in [0.2, 0.25) is 0 Å². The highest BCUT2D eigenvalue weighted by Crippen LogP contribution is 2.30. The van der Waals surface area contributed by atoms with E-state index in [0.717, 1.165) is 48.6 Å². The fourth-order valence-electron chi connectivity index (χ4n) is 7.26. The van der Waals surface area contributed by atoms with Gasteiger partial charge in [-0.1, -0.05) is 88.4 Å². The van der Waals surface area contributed by atoms with Crippen LogP contribution in [0.25, 0.3) is 0 Å². The van der Waals surface area contributed by atoms with Crippen molar-refractivity contribution in [1.29, 1.82) is 0 Å². The molecule has 2 saturated heterocycles. The maximum atomic E-state index is 14.2. The van der Waals surface area contributed by atoms with Crippen LogP contribution in [0.15, 0.2) is 78.9 Å². The van der Waals surface area contributed by atoms with Crippen LogP contribution in [0.3, 0.4) is 0 Å². The number of carbonyl (C=O) groups is 5. The van der Waals surface area contributed by atoms with Gasteiger partial charge in [-0.3, -0.25) is 19.2 Å². The molecule has 2 aliphatic rings. The average molecular weight is 811 g/mol. The molecular weight excluding hydrogens is 749 g/mol. The molecule has 2 aliphatic heterocycles. The lowest BCUT2D eigenvalue weighted by molar-refractivity contribution is -0.134. The van der Waals surface area contributed by atoms with E-state index in [1.165, 1.54) is 0 Å². The van der Waals surface area contributed by atoms with Crippen LogP contribution < -0.4 is 36.2 Å². The second-order valence-corrected chi connectivity index (χ2v) is 16.8. The Labute approximate surface area is 348 Å². The van der Waals surface area contributed by atoms with Crippen LogP contribution >= 0.6 is 0 Å². The van der Waals surface area contributed by atoms with E-state index in [1.807, 2.05) is 107 Å². The molecule has 0 bridgehead atoms. The van der Waals surface area contributed by atoms with E-state index >= 15 is 0 Å². The van der Waals surface area contributed by atoms with Gasteiger partial charge < -0.3 is 41.0 Å². The Morgan fingerprint density at radius 2 is 1.27 bits per heavy atom. The van der Waals surface area contributed by atoms with Crippen LogP contribution in [0.5, 0.6) is 5.75 Å². The van der Waals surface area contributed by atoms with E-state index < -0.39 is 53.6 Å². The lowest BCUT2D eigenvalue weighted by atomic mass is 9.93. The molecule has 2 heterocycles. The van der Waals surface area contributed by atoms with Crippen molar-refractivity contribution in [2.45, 2.75) is 103 Å². The molecule has 0 aliphatic carbocycles. The predicted octanol–water partition coefficient (Wildman–Crippen LogP) is 4.64. The third-order valence-electron chi connectivity index (χ3n) is 10.7. The Morgan fingerprint density at radius 1 is 0.729 bits per heavy atom. The highest BCUT2D eigenvalue weighted by Gasteiger charge is 2.50. The zero-order chi connectivity index (χ0) is 42.5. The van der Waals surface area contributed by atoms with Gasteiger partial charge in [0, 0.05) is 38.3 Å². The molecular formula is C46H62N6O7. The predicted molar refractivity (Wildman–Crippen MR) is 228 cm³/mol. The van der Waals surface area contributed by atoms with Crippen LogP contribution in [-0.4, -0.2) is 92.2 Å². The summed E-state index contributed by atoms with van der Waals surface area (Å²) in [5, 5.41) is 14.8. The molecule has 0 spiro atoms. The number of aryl methyl sites for hydroxylation is 2. The summed E-state index contributed by atoms with van der Waals surface area (Å²) in [5.41, 5.74) is 2.66. The van der Waals surface area contributed by atoms with Crippen molar-refractivity contribution in [3.63, 3.8) is 0 Å². The number of hydrogen-bond donors (Lipinski definition) is 5. The number of nitrogens with zero attached hydrogens (tertiary/aromatic N) is 1. The van der Waals surface area contributed by atoms with Crippen molar-refractivity contribution in [1.82, 2.24) is 26.6 Å². The third kappa shape index (κ3) is 13.6. The van der Waals surface area contributed by atoms with Gasteiger partial charge in [-0.15, -0.1) is 0 Å². The molecule has 5 atom stereocenters. The van der Waals surface area contributed by atoms with Crippen molar-refractivity contribution in [2.24, 2.45) is 11.8 Å². The van der Waals surface area contributed by atoms with Crippen molar-refractivity contribution < 1.29 is 33.4 Å². The zero-order valence-electron chi connectivity index (χ0n) is 35.3. The number of rotatable bonds is 20. The summed E-state index contributed by atoms with van der Waals surface area (Å²) in [7, 11) is 0. The number of epoxide rings is 1. The number of amides is 4. The number of carbonyl (C=O) groups excluding carboxylic acids is 5. The smallest absolute Gasteiger partial charge is 0.410 e. The Balaban J connectivity index is 1.32. The van der Waals surface area contributed by atoms with Gasteiger partial charge in [0.1, 0.15) is 29.5 Å². The minimum absolute atomic E-state index is 0.0207. The first-order valence-electron chi connectivity index (χ1n) is 20.9. The summed E-state index contributed by atoms with van der Waals surface area (Å²) in [6, 6.07) is 20.6. The first-order chi connectivity index (χ1) is 28.2. The summed E-state index contributed by atoms with van der Waals surface area (Å²) in [6.07, 6.45) is 0.725. The molecule has 5 rings (SSSR count). The van der Waals surface area contributed by atoms with Gasteiger partial charge in [-0.05, 0) is 86.3 Å². The van der Waals surface area contributed by atoms with E-state index in [1.54, 1.807) is 13.0 Å². The highest BCUT2D eigenvalue weighted by atomic mass is 16.6. The Bertz CT molecular complexity index is 1880. The molecule has 4 amide bonds. The number of piperazine rings is 1. The Morgan fingerprint density at radius 3 is 1.86 bits per heavy atom. The summed E-state index contributed by atoms with van der Waals surface area (Å²) < 4.78 is 11.2. The Kier molecular flexibility index (Phi) is 16.0. The van der Waals surface area contributed by atoms with Gasteiger partial charge in [0.05, 0.1) is 12.6 Å². The summed E-state index contributed by atoms with van der Waals surface area (Å²) in [5.74, 6) is -1.38. The summed E-state index contributed by atoms with van der Waals surface area (Å²) in [4.78, 5) is 71.6.